The highest BCUT2D eigenvalue weighted by molar-refractivity contribution is 5.85. The molecular weight excluding hydrogens is 372 g/mol. The molecule has 29 heavy (non-hydrogen) atoms. The lowest BCUT2D eigenvalue weighted by atomic mass is 9.89. The summed E-state index contributed by atoms with van der Waals surface area (Å²) in [6.07, 6.45) is 2.31. The lowest BCUT2D eigenvalue weighted by Crippen LogP contribution is -2.48. The van der Waals surface area contributed by atoms with Crippen molar-refractivity contribution in [2.24, 2.45) is 0 Å². The Morgan fingerprint density at radius 2 is 2.07 bits per heavy atom. The Kier molecular flexibility index (Phi) is 5.07. The first kappa shape index (κ1) is 19.8. The summed E-state index contributed by atoms with van der Waals surface area (Å²) in [6, 6.07) is 8.98. The number of aromatic amines is 1. The van der Waals surface area contributed by atoms with E-state index in [1.54, 1.807) is 20.0 Å². The van der Waals surface area contributed by atoms with Crippen LogP contribution in [0.4, 0.5) is 8.78 Å². The predicted molar refractivity (Wildman–Crippen MR) is 111 cm³/mol. The van der Waals surface area contributed by atoms with Crippen molar-refractivity contribution >= 4 is 10.9 Å². The van der Waals surface area contributed by atoms with Crippen molar-refractivity contribution in [2.75, 3.05) is 13.2 Å². The molecule has 0 spiro atoms. The summed E-state index contributed by atoms with van der Waals surface area (Å²) in [6.45, 7) is 7.64. The van der Waals surface area contributed by atoms with E-state index in [0.717, 1.165) is 28.6 Å². The Morgan fingerprint density at radius 1 is 1.31 bits per heavy atom. The van der Waals surface area contributed by atoms with Crippen molar-refractivity contribution in [2.45, 2.75) is 51.9 Å². The second-order valence-corrected chi connectivity index (χ2v) is 8.38. The van der Waals surface area contributed by atoms with Crippen molar-refractivity contribution < 1.29 is 13.5 Å². The number of benzene rings is 1. The van der Waals surface area contributed by atoms with Crippen molar-refractivity contribution in [3.05, 3.63) is 59.3 Å². The topological polar surface area (TPSA) is 41.1 Å². The average molecular weight is 399 g/mol. The maximum atomic E-state index is 15.2. The van der Waals surface area contributed by atoms with E-state index in [0.29, 0.717) is 12.4 Å². The van der Waals surface area contributed by atoms with Gasteiger partial charge in [0.15, 0.2) is 0 Å². The van der Waals surface area contributed by atoms with Crippen LogP contribution in [0.15, 0.2) is 36.5 Å². The second kappa shape index (κ2) is 7.41. The van der Waals surface area contributed by atoms with Gasteiger partial charge in [-0.15, -0.1) is 0 Å². The van der Waals surface area contributed by atoms with Crippen LogP contribution in [0.25, 0.3) is 10.9 Å². The van der Waals surface area contributed by atoms with Gasteiger partial charge in [0.25, 0.3) is 0 Å². The fraction of sp³-hybridized carbons (Fsp3) is 0.435. The first-order valence-corrected chi connectivity index (χ1v) is 10.1. The summed E-state index contributed by atoms with van der Waals surface area (Å²) in [4.78, 5) is 9.90. The molecule has 2 aromatic heterocycles. The predicted octanol–water partition coefficient (Wildman–Crippen LogP) is 5.18. The van der Waals surface area contributed by atoms with Gasteiger partial charge in [0.05, 0.1) is 24.5 Å². The molecule has 4 nitrogen and oxygen atoms in total. The minimum atomic E-state index is -1.42. The maximum absolute atomic E-state index is 15.2. The number of H-pyrrole nitrogens is 1. The van der Waals surface area contributed by atoms with E-state index in [1.807, 2.05) is 30.0 Å². The van der Waals surface area contributed by atoms with Gasteiger partial charge in [-0.1, -0.05) is 18.2 Å². The van der Waals surface area contributed by atoms with Gasteiger partial charge < -0.3 is 9.72 Å². The summed E-state index contributed by atoms with van der Waals surface area (Å²) < 4.78 is 35.3. The maximum Gasteiger partial charge on any atom is 0.150 e. The molecule has 3 aromatic rings. The molecule has 0 saturated heterocycles. The molecule has 0 fully saturated rings. The van der Waals surface area contributed by atoms with Gasteiger partial charge in [0, 0.05) is 35.2 Å². The normalized spacial score (nSPS) is 20.1. The van der Waals surface area contributed by atoms with Crippen LogP contribution < -0.4 is 4.74 Å². The second-order valence-electron chi connectivity index (χ2n) is 8.38. The standard InChI is InChI=1S/C23H27F2N3O/c1-5-29-15-11-18(24)21(26-12-15)22-20-17(16-8-6-7-9-19(16)27-20)10-14(2)28(22)13-23(3,4)25/h6-9,11-12,14,22,27H,5,10,13H2,1-4H3/t14-,22+/m1/s1. The molecule has 0 amide bonds. The summed E-state index contributed by atoms with van der Waals surface area (Å²) in [7, 11) is 0. The molecule has 6 heteroatoms. The van der Waals surface area contributed by atoms with Gasteiger partial charge in [-0.05, 0) is 45.7 Å². The molecule has 0 aliphatic carbocycles. The Labute approximate surface area is 169 Å². The third-order valence-corrected chi connectivity index (χ3v) is 5.49. The number of fused-ring (bicyclic) bond motifs is 3. The van der Waals surface area contributed by atoms with Crippen LogP contribution in [0, 0.1) is 5.82 Å². The molecule has 0 bridgehead atoms. The molecule has 1 aliphatic heterocycles. The number of pyridine rings is 1. The average Bonchev–Trinajstić information content (AvgIpc) is 3.01. The van der Waals surface area contributed by atoms with Crippen molar-refractivity contribution in [1.82, 2.24) is 14.9 Å². The highest BCUT2D eigenvalue weighted by atomic mass is 19.1. The minimum absolute atomic E-state index is 0.0366. The van der Waals surface area contributed by atoms with E-state index in [-0.39, 0.29) is 18.3 Å². The number of ether oxygens (including phenoxy) is 1. The van der Waals surface area contributed by atoms with Crippen molar-refractivity contribution in [1.29, 1.82) is 0 Å². The van der Waals surface area contributed by atoms with Gasteiger partial charge in [-0.25, -0.2) is 8.78 Å². The van der Waals surface area contributed by atoms with E-state index < -0.39 is 17.5 Å². The third kappa shape index (κ3) is 3.73. The highest BCUT2D eigenvalue weighted by Gasteiger charge is 2.40. The number of alkyl halides is 1. The molecule has 1 aliphatic rings. The fourth-order valence-electron chi connectivity index (χ4n) is 4.36. The molecule has 0 radical (unpaired) electrons. The first-order chi connectivity index (χ1) is 13.8. The largest absolute Gasteiger partial charge is 0.492 e. The summed E-state index contributed by atoms with van der Waals surface area (Å²) >= 11 is 0. The number of rotatable bonds is 5. The number of hydrogen-bond donors (Lipinski definition) is 1. The van der Waals surface area contributed by atoms with Crippen LogP contribution in [-0.2, 0) is 6.42 Å². The molecule has 154 valence electrons. The number of para-hydroxylation sites is 1. The Morgan fingerprint density at radius 3 is 2.76 bits per heavy atom. The molecule has 0 unspecified atom stereocenters. The van der Waals surface area contributed by atoms with Crippen LogP contribution in [-0.4, -0.2) is 39.7 Å². The Hall–Kier alpha value is -2.47. The molecule has 2 atom stereocenters. The summed E-state index contributed by atoms with van der Waals surface area (Å²) in [5, 5.41) is 1.13. The van der Waals surface area contributed by atoms with Gasteiger partial charge in [-0.2, -0.15) is 0 Å². The smallest absolute Gasteiger partial charge is 0.150 e. The molecule has 3 heterocycles. The number of halogens is 2. The SMILES string of the molecule is CCOc1cnc([C@@H]2c3[nH]c4ccccc4c3C[C@@H](C)N2CC(C)(C)F)c(F)c1. The fourth-order valence-corrected chi connectivity index (χ4v) is 4.36. The Bertz CT molecular complexity index is 1020. The van der Waals surface area contributed by atoms with Gasteiger partial charge >= 0.3 is 0 Å². The molecule has 4 rings (SSSR count). The number of nitrogens with one attached hydrogen (secondary N) is 1. The van der Waals surface area contributed by atoms with Gasteiger partial charge in [0.1, 0.15) is 17.2 Å². The lowest BCUT2D eigenvalue weighted by molar-refractivity contribution is 0.0640. The minimum Gasteiger partial charge on any atom is -0.492 e. The number of nitrogens with zero attached hydrogens (tertiary/aromatic N) is 2. The number of hydrogen-bond acceptors (Lipinski definition) is 3. The highest BCUT2D eigenvalue weighted by Crippen LogP contribution is 2.42. The first-order valence-electron chi connectivity index (χ1n) is 10.1. The van der Waals surface area contributed by atoms with Gasteiger partial charge in [-0.3, -0.25) is 9.88 Å². The molecular formula is C23H27F2N3O. The van der Waals surface area contributed by atoms with Crippen LogP contribution in [0.3, 0.4) is 0 Å². The van der Waals surface area contributed by atoms with Gasteiger partial charge in [0.2, 0.25) is 0 Å². The third-order valence-electron chi connectivity index (χ3n) is 5.49. The molecule has 1 N–H and O–H groups in total. The zero-order chi connectivity index (χ0) is 20.8. The van der Waals surface area contributed by atoms with E-state index in [9.17, 15) is 4.39 Å². The number of aromatic nitrogens is 2. The van der Waals surface area contributed by atoms with E-state index in [1.165, 1.54) is 6.07 Å². The lowest BCUT2D eigenvalue weighted by Gasteiger charge is -2.42. The Balaban J connectivity index is 1.89. The van der Waals surface area contributed by atoms with E-state index >= 15 is 4.39 Å². The van der Waals surface area contributed by atoms with Crippen LogP contribution in [0.1, 0.15) is 50.7 Å². The van der Waals surface area contributed by atoms with E-state index in [4.69, 9.17) is 4.74 Å². The van der Waals surface area contributed by atoms with Crippen LogP contribution in [0.2, 0.25) is 0 Å². The zero-order valence-corrected chi connectivity index (χ0v) is 17.3. The van der Waals surface area contributed by atoms with Crippen LogP contribution in [0.5, 0.6) is 5.75 Å². The molecule has 1 aromatic carbocycles. The van der Waals surface area contributed by atoms with E-state index in [2.05, 4.69) is 23.0 Å². The monoisotopic (exact) mass is 399 g/mol. The summed E-state index contributed by atoms with van der Waals surface area (Å²) in [5.41, 5.74) is 1.92. The zero-order valence-electron chi connectivity index (χ0n) is 17.3. The van der Waals surface area contributed by atoms with Crippen molar-refractivity contribution in [3.63, 3.8) is 0 Å². The van der Waals surface area contributed by atoms with Crippen molar-refractivity contribution in [3.8, 4) is 5.75 Å². The quantitative estimate of drug-likeness (QED) is 0.642. The van der Waals surface area contributed by atoms with Crippen LogP contribution >= 0.6 is 0 Å². The molecule has 0 saturated carbocycles. The summed E-state index contributed by atoms with van der Waals surface area (Å²) in [5.74, 6) is -0.0480.